The number of ether oxygens (including phenoxy) is 2. The van der Waals surface area contributed by atoms with Crippen molar-refractivity contribution in [2.24, 2.45) is 5.73 Å². The maximum Gasteiger partial charge on any atom is 0.407 e. The average molecular weight is 334 g/mol. The van der Waals surface area contributed by atoms with Crippen molar-refractivity contribution in [1.29, 1.82) is 0 Å². The molecule has 1 aliphatic rings. The average Bonchev–Trinajstić information content (AvgIpc) is 2.53. The molecule has 134 valence electrons. The molecular weight excluding hydrogens is 304 g/mol. The lowest BCUT2D eigenvalue weighted by Gasteiger charge is -2.40. The van der Waals surface area contributed by atoms with Crippen LogP contribution in [0.3, 0.4) is 0 Å². The van der Waals surface area contributed by atoms with Crippen LogP contribution in [0.5, 0.6) is 5.75 Å². The summed E-state index contributed by atoms with van der Waals surface area (Å²) in [6.45, 7) is 6.14. The molecule has 1 amide bonds. The molecule has 0 unspecified atom stereocenters. The number of alkyl carbamates (subject to hydrolysis) is 1. The number of hydrogen-bond donors (Lipinski definition) is 2. The fourth-order valence-corrected chi connectivity index (χ4v) is 3.27. The molecule has 0 atom stereocenters. The zero-order valence-electron chi connectivity index (χ0n) is 15.2. The number of amides is 1. The van der Waals surface area contributed by atoms with E-state index < -0.39 is 5.60 Å². The largest absolute Gasteiger partial charge is 0.497 e. The van der Waals surface area contributed by atoms with E-state index in [0.29, 0.717) is 6.54 Å². The van der Waals surface area contributed by atoms with E-state index in [2.05, 4.69) is 17.4 Å². The smallest absolute Gasteiger partial charge is 0.407 e. The standard InChI is InChI=1S/C19H30N2O3/c1-18(2,3)24-17(22)21-13-19(10-8-15(20)9-11-19)14-6-5-7-16(12-14)23-4/h5-7,12,15H,8-11,13,20H2,1-4H3,(H,21,22). The molecule has 0 saturated heterocycles. The fraction of sp³-hybridized carbons (Fsp3) is 0.632. The molecule has 1 saturated carbocycles. The molecule has 24 heavy (non-hydrogen) atoms. The van der Waals surface area contributed by atoms with Crippen LogP contribution in [0.4, 0.5) is 4.79 Å². The van der Waals surface area contributed by atoms with Gasteiger partial charge in [-0.25, -0.2) is 4.79 Å². The first kappa shape index (κ1) is 18.6. The molecule has 1 aliphatic carbocycles. The van der Waals surface area contributed by atoms with Gasteiger partial charge in [0.2, 0.25) is 0 Å². The van der Waals surface area contributed by atoms with Gasteiger partial charge in [-0.3, -0.25) is 0 Å². The third-order valence-electron chi connectivity index (χ3n) is 4.64. The Morgan fingerprint density at radius 1 is 1.33 bits per heavy atom. The second-order valence-corrected chi connectivity index (χ2v) is 7.71. The first-order valence-corrected chi connectivity index (χ1v) is 8.61. The Labute approximate surface area is 144 Å². The van der Waals surface area contributed by atoms with Crippen molar-refractivity contribution in [2.75, 3.05) is 13.7 Å². The van der Waals surface area contributed by atoms with E-state index in [-0.39, 0.29) is 17.6 Å². The van der Waals surface area contributed by atoms with Gasteiger partial charge in [0.15, 0.2) is 0 Å². The highest BCUT2D eigenvalue weighted by molar-refractivity contribution is 5.67. The lowest BCUT2D eigenvalue weighted by atomic mass is 9.68. The number of nitrogens with one attached hydrogen (secondary N) is 1. The number of carbonyl (C=O) groups excluding carboxylic acids is 1. The van der Waals surface area contributed by atoms with Gasteiger partial charge in [0.25, 0.3) is 0 Å². The molecule has 1 aromatic carbocycles. The van der Waals surface area contributed by atoms with E-state index in [9.17, 15) is 4.79 Å². The molecule has 0 heterocycles. The van der Waals surface area contributed by atoms with E-state index in [1.165, 1.54) is 5.56 Å². The molecule has 0 bridgehead atoms. The van der Waals surface area contributed by atoms with Gasteiger partial charge in [0, 0.05) is 18.0 Å². The Morgan fingerprint density at radius 3 is 2.58 bits per heavy atom. The van der Waals surface area contributed by atoms with Crippen LogP contribution in [0.2, 0.25) is 0 Å². The molecule has 0 aliphatic heterocycles. The van der Waals surface area contributed by atoms with Crippen molar-refractivity contribution in [2.45, 2.75) is 63.5 Å². The van der Waals surface area contributed by atoms with Crippen molar-refractivity contribution in [3.63, 3.8) is 0 Å². The van der Waals surface area contributed by atoms with E-state index in [1.807, 2.05) is 32.9 Å². The van der Waals surface area contributed by atoms with Crippen LogP contribution < -0.4 is 15.8 Å². The van der Waals surface area contributed by atoms with Gasteiger partial charge in [0.05, 0.1) is 7.11 Å². The minimum atomic E-state index is -0.498. The van der Waals surface area contributed by atoms with Crippen molar-refractivity contribution in [3.05, 3.63) is 29.8 Å². The normalized spacial score (nSPS) is 24.3. The van der Waals surface area contributed by atoms with Gasteiger partial charge < -0.3 is 20.5 Å². The third-order valence-corrected chi connectivity index (χ3v) is 4.64. The minimum Gasteiger partial charge on any atom is -0.497 e. The molecule has 0 aromatic heterocycles. The van der Waals surface area contributed by atoms with Crippen LogP contribution in [-0.4, -0.2) is 31.4 Å². The molecule has 1 fully saturated rings. The Balaban J connectivity index is 2.16. The van der Waals surface area contributed by atoms with E-state index in [4.69, 9.17) is 15.2 Å². The summed E-state index contributed by atoms with van der Waals surface area (Å²) in [5.41, 5.74) is 6.66. The van der Waals surface area contributed by atoms with Crippen LogP contribution in [0.25, 0.3) is 0 Å². The quantitative estimate of drug-likeness (QED) is 0.885. The van der Waals surface area contributed by atoms with Crippen molar-refractivity contribution in [3.8, 4) is 5.75 Å². The Morgan fingerprint density at radius 2 is 2.00 bits per heavy atom. The SMILES string of the molecule is COc1cccc(C2(CNC(=O)OC(C)(C)C)CCC(N)CC2)c1. The van der Waals surface area contributed by atoms with E-state index >= 15 is 0 Å². The van der Waals surface area contributed by atoms with Gasteiger partial charge in [-0.05, 0) is 64.2 Å². The summed E-state index contributed by atoms with van der Waals surface area (Å²) in [6, 6.07) is 8.35. The minimum absolute atomic E-state index is 0.124. The summed E-state index contributed by atoms with van der Waals surface area (Å²) >= 11 is 0. The van der Waals surface area contributed by atoms with Gasteiger partial charge in [0.1, 0.15) is 11.4 Å². The Hall–Kier alpha value is -1.75. The number of methoxy groups -OCH3 is 1. The zero-order valence-corrected chi connectivity index (χ0v) is 15.2. The summed E-state index contributed by atoms with van der Waals surface area (Å²) < 4.78 is 10.7. The maximum absolute atomic E-state index is 12.1. The van der Waals surface area contributed by atoms with Crippen LogP contribution >= 0.6 is 0 Å². The second kappa shape index (κ2) is 7.43. The van der Waals surface area contributed by atoms with Crippen LogP contribution in [0.1, 0.15) is 52.0 Å². The zero-order chi connectivity index (χ0) is 17.8. The lowest BCUT2D eigenvalue weighted by molar-refractivity contribution is 0.0507. The highest BCUT2D eigenvalue weighted by Crippen LogP contribution is 2.39. The van der Waals surface area contributed by atoms with Crippen molar-refractivity contribution < 1.29 is 14.3 Å². The molecular formula is C19H30N2O3. The predicted octanol–water partition coefficient (Wildman–Crippen LogP) is 3.36. The fourth-order valence-electron chi connectivity index (χ4n) is 3.27. The van der Waals surface area contributed by atoms with Gasteiger partial charge in [-0.1, -0.05) is 12.1 Å². The number of rotatable bonds is 4. The van der Waals surface area contributed by atoms with Gasteiger partial charge in [-0.2, -0.15) is 0 Å². The molecule has 1 aromatic rings. The molecule has 3 N–H and O–H groups in total. The summed E-state index contributed by atoms with van der Waals surface area (Å²) in [7, 11) is 1.67. The summed E-state index contributed by atoms with van der Waals surface area (Å²) in [6.07, 6.45) is 3.41. The van der Waals surface area contributed by atoms with Crippen molar-refractivity contribution >= 4 is 6.09 Å². The number of carbonyl (C=O) groups is 1. The topological polar surface area (TPSA) is 73.6 Å². The highest BCUT2D eigenvalue weighted by atomic mass is 16.6. The third kappa shape index (κ3) is 4.87. The van der Waals surface area contributed by atoms with Crippen molar-refractivity contribution in [1.82, 2.24) is 5.32 Å². The second-order valence-electron chi connectivity index (χ2n) is 7.71. The first-order valence-electron chi connectivity index (χ1n) is 8.61. The highest BCUT2D eigenvalue weighted by Gasteiger charge is 2.37. The number of benzene rings is 1. The maximum atomic E-state index is 12.1. The van der Waals surface area contributed by atoms with E-state index in [0.717, 1.165) is 31.4 Å². The Bertz CT molecular complexity index is 558. The first-order chi connectivity index (χ1) is 11.2. The van der Waals surface area contributed by atoms with Crippen LogP contribution in [-0.2, 0) is 10.2 Å². The Kier molecular flexibility index (Phi) is 5.75. The summed E-state index contributed by atoms with van der Waals surface area (Å²) in [5, 5.41) is 2.96. The lowest BCUT2D eigenvalue weighted by Crippen LogP contribution is -2.46. The van der Waals surface area contributed by atoms with Crippen LogP contribution in [0, 0.1) is 0 Å². The molecule has 0 radical (unpaired) electrons. The predicted molar refractivity (Wildman–Crippen MR) is 95.4 cm³/mol. The monoisotopic (exact) mass is 334 g/mol. The number of nitrogens with two attached hydrogens (primary N) is 1. The summed E-state index contributed by atoms with van der Waals surface area (Å²) in [5.74, 6) is 0.832. The molecule has 0 spiro atoms. The molecule has 5 heteroatoms. The summed E-state index contributed by atoms with van der Waals surface area (Å²) in [4.78, 5) is 12.1. The van der Waals surface area contributed by atoms with Gasteiger partial charge in [-0.15, -0.1) is 0 Å². The molecule has 2 rings (SSSR count). The van der Waals surface area contributed by atoms with E-state index in [1.54, 1.807) is 7.11 Å². The molecule has 5 nitrogen and oxygen atoms in total. The van der Waals surface area contributed by atoms with Crippen LogP contribution in [0.15, 0.2) is 24.3 Å². The van der Waals surface area contributed by atoms with Gasteiger partial charge >= 0.3 is 6.09 Å². The number of hydrogen-bond acceptors (Lipinski definition) is 4.